The summed E-state index contributed by atoms with van der Waals surface area (Å²) in [6, 6.07) is 19.5. The molecule has 0 bridgehead atoms. The number of amides is 1. The van der Waals surface area contributed by atoms with Gasteiger partial charge in [-0.25, -0.2) is 9.97 Å². The molecule has 2 aromatic carbocycles. The van der Waals surface area contributed by atoms with Crippen molar-refractivity contribution in [1.82, 2.24) is 15.4 Å². The molecule has 0 aliphatic carbocycles. The summed E-state index contributed by atoms with van der Waals surface area (Å²) in [6.45, 7) is 3.54. The van der Waals surface area contributed by atoms with E-state index in [-0.39, 0.29) is 5.91 Å². The monoisotopic (exact) mass is 398 g/mol. The van der Waals surface area contributed by atoms with E-state index in [2.05, 4.69) is 20.8 Å². The normalized spacial score (nSPS) is 11.7. The van der Waals surface area contributed by atoms with Gasteiger partial charge in [-0.3, -0.25) is 15.6 Å². The van der Waals surface area contributed by atoms with Gasteiger partial charge >= 0.3 is 0 Å². The van der Waals surface area contributed by atoms with E-state index in [0.717, 1.165) is 10.5 Å². The van der Waals surface area contributed by atoms with Crippen molar-refractivity contribution in [2.75, 3.05) is 5.43 Å². The molecule has 1 aromatic heterocycles. The zero-order valence-corrected chi connectivity index (χ0v) is 16.5. The molecule has 3 rings (SSSR count). The smallest absolute Gasteiger partial charge is 0.256 e. The van der Waals surface area contributed by atoms with E-state index >= 15 is 0 Å². The SMILES string of the molecule is Cc1nc(Cl)c(C)c(NNC(=O)[C@@H](Sc2ccccc2)c2ccccc2)n1. The first-order valence-corrected chi connectivity index (χ1v) is 9.63. The second-order valence-corrected chi connectivity index (χ2v) is 7.41. The average Bonchev–Trinajstić information content (AvgIpc) is 2.69. The second kappa shape index (κ2) is 8.88. The van der Waals surface area contributed by atoms with Gasteiger partial charge in [0.2, 0.25) is 0 Å². The molecule has 0 fully saturated rings. The van der Waals surface area contributed by atoms with E-state index in [9.17, 15) is 4.79 Å². The van der Waals surface area contributed by atoms with Gasteiger partial charge < -0.3 is 0 Å². The number of nitrogens with zero attached hydrogens (tertiary/aromatic N) is 2. The van der Waals surface area contributed by atoms with Crippen molar-refractivity contribution < 1.29 is 4.79 Å². The van der Waals surface area contributed by atoms with Crippen LogP contribution in [0.1, 0.15) is 22.2 Å². The highest BCUT2D eigenvalue weighted by atomic mass is 35.5. The number of carbonyl (C=O) groups is 1. The molecular weight excluding hydrogens is 380 g/mol. The molecule has 0 spiro atoms. The van der Waals surface area contributed by atoms with E-state index in [1.165, 1.54) is 11.8 Å². The standard InChI is InChI=1S/C20H19ClN4OS/c1-13-18(21)22-14(2)23-19(13)24-25-20(26)17(15-9-5-3-6-10-15)27-16-11-7-4-8-12-16/h3-12,17H,1-2H3,(H,25,26)(H,22,23,24)/t17-/m0/s1. The molecule has 3 aromatic rings. The lowest BCUT2D eigenvalue weighted by atomic mass is 10.1. The molecule has 1 atom stereocenters. The van der Waals surface area contributed by atoms with Gasteiger partial charge in [0.25, 0.3) is 5.91 Å². The van der Waals surface area contributed by atoms with Crippen molar-refractivity contribution in [2.45, 2.75) is 24.0 Å². The Morgan fingerprint density at radius 3 is 2.30 bits per heavy atom. The number of nitrogens with one attached hydrogen (secondary N) is 2. The van der Waals surface area contributed by atoms with Crippen LogP contribution >= 0.6 is 23.4 Å². The quantitative estimate of drug-likeness (QED) is 0.357. The van der Waals surface area contributed by atoms with Crippen LogP contribution in [0.4, 0.5) is 5.82 Å². The Balaban J connectivity index is 1.79. The van der Waals surface area contributed by atoms with Crippen LogP contribution in [0.2, 0.25) is 5.15 Å². The molecule has 0 saturated heterocycles. The number of aryl methyl sites for hydroxylation is 1. The number of hydrazine groups is 1. The molecule has 5 nitrogen and oxygen atoms in total. The summed E-state index contributed by atoms with van der Waals surface area (Å²) in [5.74, 6) is 0.833. The summed E-state index contributed by atoms with van der Waals surface area (Å²) in [4.78, 5) is 22.3. The minimum Gasteiger partial charge on any atom is -0.281 e. The molecule has 0 radical (unpaired) electrons. The fourth-order valence-electron chi connectivity index (χ4n) is 2.44. The summed E-state index contributed by atoms with van der Waals surface area (Å²) >= 11 is 7.58. The first kappa shape index (κ1) is 19.2. The summed E-state index contributed by atoms with van der Waals surface area (Å²) in [5.41, 5.74) is 7.23. The van der Waals surface area contributed by atoms with Gasteiger partial charge in [0, 0.05) is 10.5 Å². The average molecular weight is 399 g/mol. The molecular formula is C20H19ClN4OS. The lowest BCUT2D eigenvalue weighted by molar-refractivity contribution is -0.120. The van der Waals surface area contributed by atoms with Gasteiger partial charge in [-0.1, -0.05) is 60.1 Å². The van der Waals surface area contributed by atoms with E-state index in [0.29, 0.717) is 22.4 Å². The molecule has 7 heteroatoms. The summed E-state index contributed by atoms with van der Waals surface area (Å²) < 4.78 is 0. The van der Waals surface area contributed by atoms with E-state index in [4.69, 9.17) is 11.6 Å². The fraction of sp³-hybridized carbons (Fsp3) is 0.150. The number of benzene rings is 2. The Labute approximate surface area is 167 Å². The van der Waals surface area contributed by atoms with Gasteiger partial charge in [0.05, 0.1) is 0 Å². The van der Waals surface area contributed by atoms with E-state index in [1.807, 2.05) is 60.7 Å². The highest BCUT2D eigenvalue weighted by Crippen LogP contribution is 2.35. The zero-order valence-electron chi connectivity index (χ0n) is 14.9. The Bertz CT molecular complexity index is 922. The third-order valence-electron chi connectivity index (χ3n) is 3.84. The maximum Gasteiger partial charge on any atom is 0.256 e. The van der Waals surface area contributed by atoms with Crippen LogP contribution in [0.15, 0.2) is 65.6 Å². The Morgan fingerprint density at radius 2 is 1.63 bits per heavy atom. The first-order valence-electron chi connectivity index (χ1n) is 8.38. The Hall–Kier alpha value is -2.57. The van der Waals surface area contributed by atoms with Gasteiger partial charge in [0.15, 0.2) is 5.82 Å². The van der Waals surface area contributed by atoms with Gasteiger partial charge in [-0.05, 0) is 31.5 Å². The topological polar surface area (TPSA) is 66.9 Å². The molecule has 0 aliphatic rings. The van der Waals surface area contributed by atoms with Crippen LogP contribution in [0.25, 0.3) is 0 Å². The molecule has 0 unspecified atom stereocenters. The number of hydrogen-bond donors (Lipinski definition) is 2. The predicted octanol–water partition coefficient (Wildman–Crippen LogP) is 4.72. The van der Waals surface area contributed by atoms with Gasteiger partial charge in [0.1, 0.15) is 16.2 Å². The molecule has 138 valence electrons. The lowest BCUT2D eigenvalue weighted by Crippen LogP contribution is -2.33. The van der Waals surface area contributed by atoms with Crippen molar-refractivity contribution in [1.29, 1.82) is 0 Å². The number of carbonyl (C=O) groups excluding carboxylic acids is 1. The number of thioether (sulfide) groups is 1. The maximum absolute atomic E-state index is 12.9. The Morgan fingerprint density at radius 1 is 1.00 bits per heavy atom. The third-order valence-corrected chi connectivity index (χ3v) is 5.47. The van der Waals surface area contributed by atoms with Crippen molar-refractivity contribution in [3.63, 3.8) is 0 Å². The minimum atomic E-state index is -0.417. The van der Waals surface area contributed by atoms with E-state index in [1.54, 1.807) is 13.8 Å². The van der Waals surface area contributed by atoms with Crippen LogP contribution in [0.5, 0.6) is 0 Å². The summed E-state index contributed by atoms with van der Waals surface area (Å²) in [7, 11) is 0. The third kappa shape index (κ3) is 4.99. The van der Waals surface area contributed by atoms with Crippen molar-refractivity contribution in [3.8, 4) is 0 Å². The van der Waals surface area contributed by atoms with Crippen molar-refractivity contribution in [3.05, 3.63) is 82.8 Å². The largest absolute Gasteiger partial charge is 0.281 e. The van der Waals surface area contributed by atoms with Crippen molar-refractivity contribution >= 4 is 35.1 Å². The molecule has 1 heterocycles. The van der Waals surface area contributed by atoms with Gasteiger partial charge in [-0.2, -0.15) is 0 Å². The Kier molecular flexibility index (Phi) is 6.32. The molecule has 27 heavy (non-hydrogen) atoms. The van der Waals surface area contributed by atoms with Crippen LogP contribution in [0, 0.1) is 13.8 Å². The fourth-order valence-corrected chi connectivity index (χ4v) is 3.70. The summed E-state index contributed by atoms with van der Waals surface area (Å²) in [5, 5.41) is -0.0580. The highest BCUT2D eigenvalue weighted by Gasteiger charge is 2.22. The molecule has 0 aliphatic heterocycles. The van der Waals surface area contributed by atoms with Crippen LogP contribution in [0.3, 0.4) is 0 Å². The number of aromatic nitrogens is 2. The van der Waals surface area contributed by atoms with Crippen LogP contribution < -0.4 is 10.9 Å². The second-order valence-electron chi connectivity index (χ2n) is 5.87. The number of hydrogen-bond acceptors (Lipinski definition) is 5. The van der Waals surface area contributed by atoms with Crippen molar-refractivity contribution in [2.24, 2.45) is 0 Å². The number of rotatable bonds is 6. The first-order chi connectivity index (χ1) is 13.0. The number of anilines is 1. The molecule has 1 amide bonds. The molecule has 2 N–H and O–H groups in total. The zero-order chi connectivity index (χ0) is 19.2. The predicted molar refractivity (Wildman–Crippen MR) is 110 cm³/mol. The number of halogens is 1. The molecule has 0 saturated carbocycles. The lowest BCUT2D eigenvalue weighted by Gasteiger charge is -2.18. The van der Waals surface area contributed by atoms with Gasteiger partial charge in [-0.15, -0.1) is 11.8 Å². The minimum absolute atomic E-state index is 0.179. The van der Waals surface area contributed by atoms with Crippen LogP contribution in [-0.2, 0) is 4.79 Å². The van der Waals surface area contributed by atoms with E-state index < -0.39 is 5.25 Å². The maximum atomic E-state index is 12.9. The van der Waals surface area contributed by atoms with Crippen LogP contribution in [-0.4, -0.2) is 15.9 Å². The highest BCUT2D eigenvalue weighted by molar-refractivity contribution is 8.00. The summed E-state index contributed by atoms with van der Waals surface area (Å²) in [6.07, 6.45) is 0.